The van der Waals surface area contributed by atoms with Crippen LogP contribution in [0.4, 0.5) is 0 Å². The highest BCUT2D eigenvalue weighted by atomic mass is 79.9. The zero-order chi connectivity index (χ0) is 7.40. The molecule has 1 aromatic heterocycles. The fourth-order valence-electron chi connectivity index (χ4n) is 0.863. The number of alkyl halides is 1. The topological polar surface area (TPSA) is 0 Å². The minimum atomic E-state index is 1.12. The summed E-state index contributed by atoms with van der Waals surface area (Å²) in [5.74, 6) is 0. The zero-order valence-electron chi connectivity index (χ0n) is 6.06. The lowest BCUT2D eigenvalue weighted by molar-refractivity contribution is 0.958. The molecule has 0 atom stereocenters. The van der Waals surface area contributed by atoms with Crippen molar-refractivity contribution in [2.75, 3.05) is 5.33 Å². The Kier molecular flexibility index (Phi) is 3.43. The van der Waals surface area contributed by atoms with E-state index in [1.165, 1.54) is 23.3 Å². The number of hydrogen-bond donors (Lipinski definition) is 0. The average molecular weight is 219 g/mol. The lowest BCUT2D eigenvalue weighted by Gasteiger charge is -1.90. The molecule has 0 nitrogen and oxygen atoms in total. The molecule has 1 rings (SSSR count). The van der Waals surface area contributed by atoms with Gasteiger partial charge < -0.3 is 0 Å². The first-order valence-corrected chi connectivity index (χ1v) is 5.43. The Morgan fingerprint density at radius 3 is 2.90 bits per heavy atom. The van der Waals surface area contributed by atoms with Crippen LogP contribution in [0.3, 0.4) is 0 Å². The third-order valence-corrected chi connectivity index (χ3v) is 3.02. The van der Waals surface area contributed by atoms with Crippen molar-refractivity contribution in [3.8, 4) is 0 Å². The summed E-state index contributed by atoms with van der Waals surface area (Å²) in [7, 11) is 0. The lowest BCUT2D eigenvalue weighted by atomic mass is 10.2. The van der Waals surface area contributed by atoms with Crippen LogP contribution in [0.5, 0.6) is 0 Å². The lowest BCUT2D eigenvalue weighted by Crippen LogP contribution is -1.79. The fraction of sp³-hybridized carbons (Fsp3) is 0.500. The first-order valence-electron chi connectivity index (χ1n) is 3.43. The largest absolute Gasteiger partial charge is 0.149 e. The normalized spacial score (nSPS) is 10.2. The van der Waals surface area contributed by atoms with Crippen LogP contribution in [0.15, 0.2) is 11.4 Å². The third kappa shape index (κ3) is 2.43. The molecule has 0 amide bonds. The van der Waals surface area contributed by atoms with Gasteiger partial charge in [-0.25, -0.2) is 0 Å². The van der Waals surface area contributed by atoms with Crippen LogP contribution in [0.1, 0.15) is 16.9 Å². The molecule has 0 aliphatic heterocycles. The summed E-state index contributed by atoms with van der Waals surface area (Å²) in [6.07, 6.45) is 2.48. The molecular formula is C8H11BrS. The van der Waals surface area contributed by atoms with Gasteiger partial charge in [0.2, 0.25) is 0 Å². The van der Waals surface area contributed by atoms with E-state index in [1.807, 2.05) is 11.3 Å². The molecule has 0 radical (unpaired) electrons. The molecule has 0 saturated carbocycles. The van der Waals surface area contributed by atoms with Crippen molar-refractivity contribution in [3.05, 3.63) is 21.9 Å². The molecule has 2 heteroatoms. The smallest absolute Gasteiger partial charge is 0.00482 e. The molecule has 0 saturated heterocycles. The van der Waals surface area contributed by atoms with Gasteiger partial charge in [-0.3, -0.25) is 0 Å². The second-order valence-corrected chi connectivity index (χ2v) is 4.17. The van der Waals surface area contributed by atoms with Crippen LogP contribution in [0, 0.1) is 6.92 Å². The maximum absolute atomic E-state index is 3.42. The van der Waals surface area contributed by atoms with Crippen LogP contribution in [0.25, 0.3) is 0 Å². The molecule has 0 aliphatic rings. The van der Waals surface area contributed by atoms with E-state index in [0.717, 1.165) is 5.33 Å². The van der Waals surface area contributed by atoms with Gasteiger partial charge in [-0.1, -0.05) is 15.9 Å². The van der Waals surface area contributed by atoms with E-state index in [2.05, 4.69) is 34.3 Å². The van der Waals surface area contributed by atoms with E-state index < -0.39 is 0 Å². The van der Waals surface area contributed by atoms with E-state index >= 15 is 0 Å². The van der Waals surface area contributed by atoms with Crippen molar-refractivity contribution in [2.24, 2.45) is 0 Å². The van der Waals surface area contributed by atoms with E-state index in [4.69, 9.17) is 0 Å². The molecule has 0 unspecified atom stereocenters. The molecule has 0 aromatic carbocycles. The van der Waals surface area contributed by atoms with E-state index in [1.54, 1.807) is 0 Å². The summed E-state index contributed by atoms with van der Waals surface area (Å²) >= 11 is 5.29. The number of thiophene rings is 1. The highest BCUT2D eigenvalue weighted by molar-refractivity contribution is 9.09. The first kappa shape index (κ1) is 8.28. The molecule has 1 aromatic rings. The van der Waals surface area contributed by atoms with Crippen molar-refractivity contribution < 1.29 is 0 Å². The quantitative estimate of drug-likeness (QED) is 0.683. The summed E-state index contributed by atoms with van der Waals surface area (Å²) in [5.41, 5.74) is 1.40. The van der Waals surface area contributed by atoms with Crippen molar-refractivity contribution in [2.45, 2.75) is 19.8 Å². The van der Waals surface area contributed by atoms with Gasteiger partial charge in [-0.05, 0) is 36.8 Å². The summed E-state index contributed by atoms with van der Waals surface area (Å²) in [5, 5.41) is 3.33. The molecule has 0 fully saturated rings. The number of aryl methyl sites for hydroxylation is 2. The Balaban J connectivity index is 2.42. The van der Waals surface area contributed by atoms with E-state index in [9.17, 15) is 0 Å². The van der Waals surface area contributed by atoms with Gasteiger partial charge in [0.15, 0.2) is 0 Å². The first-order chi connectivity index (χ1) is 4.83. The van der Waals surface area contributed by atoms with Crippen molar-refractivity contribution in [1.29, 1.82) is 0 Å². The van der Waals surface area contributed by atoms with Crippen LogP contribution in [-0.4, -0.2) is 5.33 Å². The SMILES string of the molecule is Cc1csc(CCCBr)c1. The number of hydrogen-bond acceptors (Lipinski definition) is 1. The Hall–Kier alpha value is 0.180. The van der Waals surface area contributed by atoms with Gasteiger partial charge >= 0.3 is 0 Å². The third-order valence-electron chi connectivity index (χ3n) is 1.34. The standard InChI is InChI=1S/C8H11BrS/c1-7-5-8(10-6-7)3-2-4-9/h5-6H,2-4H2,1H3. The molecule has 0 bridgehead atoms. The van der Waals surface area contributed by atoms with Gasteiger partial charge in [-0.2, -0.15) is 0 Å². The number of rotatable bonds is 3. The minimum Gasteiger partial charge on any atom is -0.149 e. The Morgan fingerprint density at radius 1 is 1.60 bits per heavy atom. The summed E-state index contributed by atoms with van der Waals surface area (Å²) < 4.78 is 0. The maximum Gasteiger partial charge on any atom is 0.00482 e. The van der Waals surface area contributed by atoms with Crippen molar-refractivity contribution in [1.82, 2.24) is 0 Å². The summed E-state index contributed by atoms with van der Waals surface area (Å²) in [4.78, 5) is 1.51. The monoisotopic (exact) mass is 218 g/mol. The highest BCUT2D eigenvalue weighted by Crippen LogP contribution is 2.15. The summed E-state index contributed by atoms with van der Waals surface area (Å²) in [6.45, 7) is 2.15. The predicted molar refractivity (Wildman–Crippen MR) is 51.2 cm³/mol. The molecule has 56 valence electrons. The van der Waals surface area contributed by atoms with E-state index in [-0.39, 0.29) is 0 Å². The van der Waals surface area contributed by atoms with Crippen LogP contribution >= 0.6 is 27.3 Å². The van der Waals surface area contributed by atoms with Crippen LogP contribution in [0.2, 0.25) is 0 Å². The Labute approximate surface area is 74.4 Å². The average Bonchev–Trinajstić information content (AvgIpc) is 2.31. The highest BCUT2D eigenvalue weighted by Gasteiger charge is 1.94. The van der Waals surface area contributed by atoms with Gasteiger partial charge in [-0.15, -0.1) is 11.3 Å². The van der Waals surface area contributed by atoms with Crippen LogP contribution in [-0.2, 0) is 6.42 Å². The molecule has 10 heavy (non-hydrogen) atoms. The maximum atomic E-state index is 3.42. The van der Waals surface area contributed by atoms with E-state index in [0.29, 0.717) is 0 Å². The Bertz CT molecular complexity index is 193. The molecule has 0 spiro atoms. The predicted octanol–water partition coefficient (Wildman–Crippen LogP) is 3.38. The van der Waals surface area contributed by atoms with Gasteiger partial charge in [0.1, 0.15) is 0 Å². The van der Waals surface area contributed by atoms with Gasteiger partial charge in [0.05, 0.1) is 0 Å². The zero-order valence-corrected chi connectivity index (χ0v) is 8.46. The van der Waals surface area contributed by atoms with Gasteiger partial charge in [0, 0.05) is 10.2 Å². The van der Waals surface area contributed by atoms with Crippen molar-refractivity contribution in [3.63, 3.8) is 0 Å². The fourth-order valence-corrected chi connectivity index (χ4v) is 2.06. The molecule has 1 heterocycles. The summed E-state index contributed by atoms with van der Waals surface area (Å²) in [6, 6.07) is 2.27. The molecular weight excluding hydrogens is 208 g/mol. The second-order valence-electron chi connectivity index (χ2n) is 2.38. The van der Waals surface area contributed by atoms with Gasteiger partial charge in [0.25, 0.3) is 0 Å². The van der Waals surface area contributed by atoms with Crippen molar-refractivity contribution >= 4 is 27.3 Å². The van der Waals surface area contributed by atoms with Crippen LogP contribution < -0.4 is 0 Å². The number of halogens is 1. The molecule has 0 N–H and O–H groups in total. The Morgan fingerprint density at radius 2 is 2.40 bits per heavy atom. The minimum absolute atomic E-state index is 1.12. The molecule has 0 aliphatic carbocycles. The second kappa shape index (κ2) is 4.14.